The molecule has 0 spiro atoms. The summed E-state index contributed by atoms with van der Waals surface area (Å²) in [6.07, 6.45) is 0.602. The first kappa shape index (κ1) is 22.7. The quantitative estimate of drug-likeness (QED) is 0.433. The lowest BCUT2D eigenvalue weighted by molar-refractivity contribution is -0.137. The van der Waals surface area contributed by atoms with E-state index in [0.29, 0.717) is 53.7 Å². The summed E-state index contributed by atoms with van der Waals surface area (Å²) in [6, 6.07) is 12.5. The Labute approximate surface area is 193 Å². The lowest BCUT2D eigenvalue weighted by Crippen LogP contribution is -2.34. The van der Waals surface area contributed by atoms with Crippen LogP contribution in [0.5, 0.6) is 17.2 Å². The third kappa shape index (κ3) is 4.96. The van der Waals surface area contributed by atoms with Gasteiger partial charge in [-0.15, -0.1) is 0 Å². The van der Waals surface area contributed by atoms with Crippen LogP contribution < -0.4 is 19.5 Å². The molecule has 0 fully saturated rings. The number of rotatable bonds is 10. The molecule has 2 aliphatic rings. The van der Waals surface area contributed by atoms with Crippen LogP contribution in [0.1, 0.15) is 32.8 Å². The number of nitrogens with zero attached hydrogens (tertiary/aromatic N) is 1. The van der Waals surface area contributed by atoms with Crippen molar-refractivity contribution in [2.24, 2.45) is 0 Å². The number of anilines is 1. The summed E-state index contributed by atoms with van der Waals surface area (Å²) in [6.45, 7) is 7.31. The molecule has 8 nitrogen and oxygen atoms in total. The SMILES string of the molecule is CCOCCCN1C(=O)C(Nc2ccc3c(c2)OCO3)=C(c2ccc(OC(C)C)cc2)C1=O. The van der Waals surface area contributed by atoms with Gasteiger partial charge >= 0.3 is 0 Å². The standard InChI is InChI=1S/C25H28N2O6/c1-4-30-13-5-12-27-24(28)22(17-6-9-19(10-7-17)33-16(2)3)23(25(27)29)26-18-8-11-20-21(14-18)32-15-31-20/h6-11,14,16,26H,4-5,12-13,15H2,1-3H3. The van der Waals surface area contributed by atoms with Gasteiger partial charge in [0.05, 0.1) is 11.7 Å². The van der Waals surface area contributed by atoms with Crippen LogP contribution in [0.3, 0.4) is 0 Å². The lowest BCUT2D eigenvalue weighted by atomic mass is 10.0. The molecule has 174 valence electrons. The van der Waals surface area contributed by atoms with Gasteiger partial charge in [0.25, 0.3) is 11.8 Å². The van der Waals surface area contributed by atoms with Gasteiger partial charge in [-0.1, -0.05) is 12.1 Å². The molecule has 0 unspecified atom stereocenters. The molecule has 1 N–H and O–H groups in total. The Morgan fingerprint density at radius 3 is 2.52 bits per heavy atom. The van der Waals surface area contributed by atoms with Gasteiger partial charge in [0.1, 0.15) is 11.4 Å². The second-order valence-corrected chi connectivity index (χ2v) is 7.95. The van der Waals surface area contributed by atoms with E-state index in [1.807, 2.05) is 20.8 Å². The minimum Gasteiger partial charge on any atom is -0.491 e. The van der Waals surface area contributed by atoms with Gasteiger partial charge in [-0.05, 0) is 57.0 Å². The van der Waals surface area contributed by atoms with Crippen LogP contribution in [0.2, 0.25) is 0 Å². The Kier molecular flexibility index (Phi) is 6.84. The average Bonchev–Trinajstić information content (AvgIpc) is 3.35. The number of nitrogens with one attached hydrogen (secondary N) is 1. The number of carbonyl (C=O) groups excluding carboxylic acids is 2. The van der Waals surface area contributed by atoms with E-state index in [2.05, 4.69) is 5.32 Å². The van der Waals surface area contributed by atoms with Gasteiger partial charge in [0, 0.05) is 31.5 Å². The van der Waals surface area contributed by atoms with E-state index < -0.39 is 0 Å². The number of hydrogen-bond donors (Lipinski definition) is 1. The van der Waals surface area contributed by atoms with Crippen molar-refractivity contribution in [3.63, 3.8) is 0 Å². The molecule has 0 saturated carbocycles. The van der Waals surface area contributed by atoms with Crippen molar-refractivity contribution in [3.8, 4) is 17.2 Å². The molecule has 2 aromatic carbocycles. The maximum Gasteiger partial charge on any atom is 0.278 e. The smallest absolute Gasteiger partial charge is 0.278 e. The number of hydrogen-bond acceptors (Lipinski definition) is 7. The van der Waals surface area contributed by atoms with Crippen LogP contribution in [0, 0.1) is 0 Å². The summed E-state index contributed by atoms with van der Waals surface area (Å²) in [5.41, 5.74) is 1.82. The number of carbonyl (C=O) groups is 2. The number of ether oxygens (including phenoxy) is 4. The normalized spacial score (nSPS) is 15.1. The first-order valence-electron chi connectivity index (χ1n) is 11.1. The zero-order valence-corrected chi connectivity index (χ0v) is 19.1. The first-order valence-corrected chi connectivity index (χ1v) is 11.1. The third-order valence-electron chi connectivity index (χ3n) is 5.20. The molecule has 2 aliphatic heterocycles. The molecule has 2 heterocycles. The molecule has 4 rings (SSSR count). The average molecular weight is 453 g/mol. The van der Waals surface area contributed by atoms with Gasteiger partial charge in [0.15, 0.2) is 11.5 Å². The Morgan fingerprint density at radius 2 is 1.79 bits per heavy atom. The van der Waals surface area contributed by atoms with Gasteiger partial charge in [-0.3, -0.25) is 14.5 Å². The molecule has 0 aromatic heterocycles. The van der Waals surface area contributed by atoms with Crippen LogP contribution in [-0.2, 0) is 14.3 Å². The minimum absolute atomic E-state index is 0.0359. The number of imide groups is 1. The summed E-state index contributed by atoms with van der Waals surface area (Å²) in [4.78, 5) is 27.9. The van der Waals surface area contributed by atoms with Crippen molar-refractivity contribution in [2.45, 2.75) is 33.3 Å². The number of amides is 2. The highest BCUT2D eigenvalue weighted by atomic mass is 16.7. The highest BCUT2D eigenvalue weighted by Gasteiger charge is 2.39. The molecule has 0 radical (unpaired) electrons. The fourth-order valence-electron chi connectivity index (χ4n) is 3.72. The largest absolute Gasteiger partial charge is 0.491 e. The summed E-state index contributed by atoms with van der Waals surface area (Å²) in [5, 5.41) is 3.15. The van der Waals surface area contributed by atoms with Gasteiger partial charge in [-0.2, -0.15) is 0 Å². The Hall–Kier alpha value is -3.52. The van der Waals surface area contributed by atoms with Crippen molar-refractivity contribution in [1.29, 1.82) is 0 Å². The monoisotopic (exact) mass is 452 g/mol. The van der Waals surface area contributed by atoms with E-state index in [-0.39, 0.29) is 37.0 Å². The summed E-state index contributed by atoms with van der Waals surface area (Å²) in [5.74, 6) is 1.22. The zero-order valence-electron chi connectivity index (χ0n) is 19.1. The minimum atomic E-state index is -0.369. The second kappa shape index (κ2) is 9.95. The molecule has 2 amide bonds. The fourth-order valence-corrected chi connectivity index (χ4v) is 3.72. The van der Waals surface area contributed by atoms with Crippen molar-refractivity contribution in [3.05, 3.63) is 53.7 Å². The van der Waals surface area contributed by atoms with E-state index >= 15 is 0 Å². The topological polar surface area (TPSA) is 86.3 Å². The van der Waals surface area contributed by atoms with Crippen molar-refractivity contribution >= 4 is 23.1 Å². The van der Waals surface area contributed by atoms with E-state index in [4.69, 9.17) is 18.9 Å². The first-order chi connectivity index (χ1) is 16.0. The molecular formula is C25H28N2O6. The molecule has 2 aromatic rings. The zero-order chi connectivity index (χ0) is 23.4. The van der Waals surface area contributed by atoms with Crippen LogP contribution in [0.15, 0.2) is 48.2 Å². The van der Waals surface area contributed by atoms with Gasteiger partial charge in [-0.25, -0.2) is 0 Å². The maximum atomic E-state index is 13.3. The molecular weight excluding hydrogens is 424 g/mol. The van der Waals surface area contributed by atoms with Crippen molar-refractivity contribution < 1.29 is 28.5 Å². The molecule has 0 atom stereocenters. The van der Waals surface area contributed by atoms with Crippen LogP contribution >= 0.6 is 0 Å². The van der Waals surface area contributed by atoms with E-state index in [0.717, 1.165) is 0 Å². The molecule has 0 aliphatic carbocycles. The fraction of sp³-hybridized carbons (Fsp3) is 0.360. The predicted molar refractivity (Wildman–Crippen MR) is 123 cm³/mol. The Morgan fingerprint density at radius 1 is 1.03 bits per heavy atom. The maximum absolute atomic E-state index is 13.3. The van der Waals surface area contributed by atoms with Crippen LogP contribution in [-0.4, -0.2) is 49.4 Å². The molecule has 33 heavy (non-hydrogen) atoms. The number of fused-ring (bicyclic) bond motifs is 1. The summed E-state index contributed by atoms with van der Waals surface area (Å²) < 4.78 is 21.9. The van der Waals surface area contributed by atoms with E-state index in [1.165, 1.54) is 4.90 Å². The van der Waals surface area contributed by atoms with E-state index in [1.54, 1.807) is 42.5 Å². The molecule has 0 saturated heterocycles. The van der Waals surface area contributed by atoms with Crippen molar-refractivity contribution in [2.75, 3.05) is 31.9 Å². The lowest BCUT2D eigenvalue weighted by Gasteiger charge is -2.15. The van der Waals surface area contributed by atoms with E-state index in [9.17, 15) is 9.59 Å². The summed E-state index contributed by atoms with van der Waals surface area (Å²) >= 11 is 0. The third-order valence-corrected chi connectivity index (χ3v) is 5.20. The van der Waals surface area contributed by atoms with Gasteiger partial charge in [0.2, 0.25) is 6.79 Å². The number of benzene rings is 2. The predicted octanol–water partition coefficient (Wildman–Crippen LogP) is 3.82. The Balaban J connectivity index is 1.64. The second-order valence-electron chi connectivity index (χ2n) is 7.95. The van der Waals surface area contributed by atoms with Crippen LogP contribution in [0.4, 0.5) is 5.69 Å². The summed E-state index contributed by atoms with van der Waals surface area (Å²) in [7, 11) is 0. The van der Waals surface area contributed by atoms with Gasteiger partial charge < -0.3 is 24.3 Å². The highest BCUT2D eigenvalue weighted by Crippen LogP contribution is 2.36. The molecule has 8 heteroatoms. The van der Waals surface area contributed by atoms with Crippen LogP contribution in [0.25, 0.3) is 5.57 Å². The molecule has 0 bridgehead atoms. The Bertz CT molecular complexity index is 1060. The highest BCUT2D eigenvalue weighted by molar-refractivity contribution is 6.36. The van der Waals surface area contributed by atoms with Crippen molar-refractivity contribution in [1.82, 2.24) is 4.90 Å².